The van der Waals surface area contributed by atoms with Gasteiger partial charge < -0.3 is 10.1 Å². The Kier molecular flexibility index (Phi) is 7.01. The van der Waals surface area contributed by atoms with Crippen LogP contribution in [-0.4, -0.2) is 35.2 Å². The van der Waals surface area contributed by atoms with Crippen molar-refractivity contribution in [3.05, 3.63) is 35.4 Å². The van der Waals surface area contributed by atoms with Gasteiger partial charge in [-0.1, -0.05) is 24.3 Å². The maximum absolute atomic E-state index is 11.8. The van der Waals surface area contributed by atoms with Crippen molar-refractivity contribution in [2.75, 3.05) is 26.8 Å². The molecule has 0 heterocycles. The largest absolute Gasteiger partial charge is 0.380 e. The number of hydrogen-bond donors (Lipinski definition) is 2. The highest BCUT2D eigenvalue weighted by atomic mass is 32.2. The van der Waals surface area contributed by atoms with Crippen LogP contribution in [0, 0.1) is 0 Å². The van der Waals surface area contributed by atoms with Crippen LogP contribution in [0.5, 0.6) is 0 Å². The van der Waals surface area contributed by atoms with Crippen molar-refractivity contribution in [1.29, 1.82) is 0 Å². The van der Waals surface area contributed by atoms with Gasteiger partial charge in [0.1, 0.15) is 0 Å². The summed E-state index contributed by atoms with van der Waals surface area (Å²) in [4.78, 5) is 0. The van der Waals surface area contributed by atoms with Gasteiger partial charge in [-0.15, -0.1) is 0 Å². The Morgan fingerprint density at radius 3 is 2.68 bits per heavy atom. The lowest BCUT2D eigenvalue weighted by Crippen LogP contribution is -2.28. The zero-order chi connectivity index (χ0) is 14.1. The molecule has 0 unspecified atom stereocenters. The molecule has 1 rings (SSSR count). The smallest absolute Gasteiger partial charge is 0.215 e. The highest BCUT2D eigenvalue weighted by Crippen LogP contribution is 2.08. The van der Waals surface area contributed by atoms with Crippen LogP contribution >= 0.6 is 0 Å². The fourth-order valence-corrected chi connectivity index (χ4v) is 2.83. The van der Waals surface area contributed by atoms with E-state index >= 15 is 0 Å². The van der Waals surface area contributed by atoms with Gasteiger partial charge >= 0.3 is 0 Å². The van der Waals surface area contributed by atoms with E-state index < -0.39 is 10.0 Å². The molecule has 5 nitrogen and oxygen atoms in total. The second kappa shape index (κ2) is 8.27. The number of rotatable bonds is 9. The first kappa shape index (κ1) is 16.1. The predicted molar refractivity (Wildman–Crippen MR) is 76.3 cm³/mol. The SMILES string of the molecule is CCOCCNS(=O)(=O)Cc1cccc(CNC)c1. The highest BCUT2D eigenvalue weighted by molar-refractivity contribution is 7.88. The van der Waals surface area contributed by atoms with Gasteiger partial charge in [0.25, 0.3) is 0 Å². The highest BCUT2D eigenvalue weighted by Gasteiger charge is 2.11. The summed E-state index contributed by atoms with van der Waals surface area (Å²) in [6.45, 7) is 3.91. The maximum atomic E-state index is 11.8. The molecule has 0 amide bonds. The molecule has 0 aromatic heterocycles. The second-order valence-corrected chi connectivity index (χ2v) is 6.01. The number of sulfonamides is 1. The van der Waals surface area contributed by atoms with Gasteiger partial charge in [-0.25, -0.2) is 13.1 Å². The predicted octanol–water partition coefficient (Wildman–Crippen LogP) is 0.862. The summed E-state index contributed by atoms with van der Waals surface area (Å²) in [5.74, 6) is -0.00329. The Labute approximate surface area is 115 Å². The van der Waals surface area contributed by atoms with Gasteiger partial charge in [0.15, 0.2) is 0 Å². The zero-order valence-corrected chi connectivity index (χ0v) is 12.3. The van der Waals surface area contributed by atoms with E-state index in [-0.39, 0.29) is 5.75 Å². The van der Waals surface area contributed by atoms with Crippen molar-refractivity contribution < 1.29 is 13.2 Å². The summed E-state index contributed by atoms with van der Waals surface area (Å²) in [6.07, 6.45) is 0. The third kappa shape index (κ3) is 6.68. The molecule has 0 aliphatic heterocycles. The molecule has 2 N–H and O–H groups in total. The lowest BCUT2D eigenvalue weighted by Gasteiger charge is -2.08. The Morgan fingerprint density at radius 2 is 2.00 bits per heavy atom. The molecule has 0 fully saturated rings. The van der Waals surface area contributed by atoms with E-state index in [0.717, 1.165) is 17.7 Å². The minimum absolute atomic E-state index is 0.00329. The van der Waals surface area contributed by atoms with E-state index in [1.807, 2.05) is 38.2 Å². The molecule has 19 heavy (non-hydrogen) atoms. The fourth-order valence-electron chi connectivity index (χ4n) is 1.72. The molecular weight excluding hydrogens is 264 g/mol. The minimum atomic E-state index is -3.30. The summed E-state index contributed by atoms with van der Waals surface area (Å²) < 4.78 is 31.3. The van der Waals surface area contributed by atoms with Crippen molar-refractivity contribution in [2.45, 2.75) is 19.2 Å². The van der Waals surface area contributed by atoms with E-state index in [9.17, 15) is 8.42 Å². The average Bonchev–Trinajstić information content (AvgIpc) is 2.35. The molecule has 0 atom stereocenters. The Morgan fingerprint density at radius 1 is 1.26 bits per heavy atom. The van der Waals surface area contributed by atoms with Crippen molar-refractivity contribution in [1.82, 2.24) is 10.0 Å². The first-order chi connectivity index (χ1) is 9.07. The van der Waals surface area contributed by atoms with E-state index in [0.29, 0.717) is 19.8 Å². The number of nitrogens with one attached hydrogen (secondary N) is 2. The van der Waals surface area contributed by atoms with Crippen molar-refractivity contribution in [3.63, 3.8) is 0 Å². The molecule has 6 heteroatoms. The first-order valence-corrected chi connectivity index (χ1v) is 8.00. The molecule has 1 aromatic carbocycles. The average molecular weight is 286 g/mol. The minimum Gasteiger partial charge on any atom is -0.380 e. The van der Waals surface area contributed by atoms with Crippen LogP contribution in [0.4, 0.5) is 0 Å². The fraction of sp³-hybridized carbons (Fsp3) is 0.538. The van der Waals surface area contributed by atoms with E-state index in [4.69, 9.17) is 4.74 Å². The van der Waals surface area contributed by atoms with Gasteiger partial charge in [0.2, 0.25) is 10.0 Å². The Balaban J connectivity index is 2.54. The van der Waals surface area contributed by atoms with Gasteiger partial charge in [0, 0.05) is 19.7 Å². The normalized spacial score (nSPS) is 11.7. The van der Waals surface area contributed by atoms with Gasteiger partial charge in [0.05, 0.1) is 12.4 Å². The lowest BCUT2D eigenvalue weighted by atomic mass is 10.1. The van der Waals surface area contributed by atoms with Crippen LogP contribution in [0.2, 0.25) is 0 Å². The van der Waals surface area contributed by atoms with Crippen molar-refractivity contribution in [3.8, 4) is 0 Å². The van der Waals surface area contributed by atoms with Crippen LogP contribution in [0.25, 0.3) is 0 Å². The lowest BCUT2D eigenvalue weighted by molar-refractivity contribution is 0.153. The summed E-state index contributed by atoms with van der Waals surface area (Å²) in [7, 11) is -1.44. The number of benzene rings is 1. The van der Waals surface area contributed by atoms with Gasteiger partial charge in [-0.3, -0.25) is 0 Å². The molecule has 0 aliphatic rings. The molecule has 0 bridgehead atoms. The number of ether oxygens (including phenoxy) is 1. The van der Waals surface area contributed by atoms with Crippen LogP contribution in [0.1, 0.15) is 18.1 Å². The second-order valence-electron chi connectivity index (χ2n) is 4.20. The molecule has 0 radical (unpaired) electrons. The molecule has 108 valence electrons. The summed E-state index contributed by atoms with van der Waals surface area (Å²) >= 11 is 0. The third-order valence-electron chi connectivity index (χ3n) is 2.50. The van der Waals surface area contributed by atoms with Gasteiger partial charge in [-0.2, -0.15) is 0 Å². The monoisotopic (exact) mass is 286 g/mol. The Bertz CT molecular complexity index is 475. The zero-order valence-electron chi connectivity index (χ0n) is 11.5. The summed E-state index contributed by atoms with van der Waals surface area (Å²) in [6, 6.07) is 7.56. The van der Waals surface area contributed by atoms with E-state index in [1.54, 1.807) is 0 Å². The molecular formula is C13H22N2O3S. The van der Waals surface area contributed by atoms with E-state index in [1.165, 1.54) is 0 Å². The van der Waals surface area contributed by atoms with Crippen LogP contribution < -0.4 is 10.0 Å². The van der Waals surface area contributed by atoms with Crippen molar-refractivity contribution >= 4 is 10.0 Å². The molecule has 0 saturated carbocycles. The maximum Gasteiger partial charge on any atom is 0.215 e. The molecule has 1 aromatic rings. The summed E-state index contributed by atoms with van der Waals surface area (Å²) in [5.41, 5.74) is 1.86. The third-order valence-corrected chi connectivity index (χ3v) is 3.86. The molecule has 0 saturated heterocycles. The van der Waals surface area contributed by atoms with Crippen LogP contribution in [0.3, 0.4) is 0 Å². The number of hydrogen-bond acceptors (Lipinski definition) is 4. The van der Waals surface area contributed by atoms with Gasteiger partial charge in [-0.05, 0) is 25.1 Å². The first-order valence-electron chi connectivity index (χ1n) is 6.35. The Hall–Kier alpha value is -0.950. The van der Waals surface area contributed by atoms with Crippen LogP contribution in [0.15, 0.2) is 24.3 Å². The standard InChI is InChI=1S/C13H22N2O3S/c1-3-18-8-7-15-19(16,17)11-13-6-4-5-12(9-13)10-14-2/h4-6,9,14-15H,3,7-8,10-11H2,1-2H3. The molecule has 0 spiro atoms. The molecule has 0 aliphatic carbocycles. The topological polar surface area (TPSA) is 67.4 Å². The van der Waals surface area contributed by atoms with Crippen molar-refractivity contribution in [2.24, 2.45) is 0 Å². The quantitative estimate of drug-likeness (QED) is 0.661. The summed E-state index contributed by atoms with van der Waals surface area (Å²) in [5, 5.41) is 3.04. The van der Waals surface area contributed by atoms with Crippen LogP contribution in [-0.2, 0) is 27.1 Å². The van der Waals surface area contributed by atoms with E-state index in [2.05, 4.69) is 10.0 Å².